The van der Waals surface area contributed by atoms with Gasteiger partial charge in [0.2, 0.25) is 0 Å². The van der Waals surface area contributed by atoms with Gasteiger partial charge in [0.25, 0.3) is 0 Å². The number of halogens is 1. The normalized spacial score (nSPS) is 11.1. The van der Waals surface area contributed by atoms with Gasteiger partial charge in [-0.25, -0.2) is 4.39 Å². The summed E-state index contributed by atoms with van der Waals surface area (Å²) in [6.45, 7) is 2.12. The lowest BCUT2D eigenvalue weighted by molar-refractivity contribution is -0.894. The van der Waals surface area contributed by atoms with E-state index in [1.54, 1.807) is 6.07 Å². The quantitative estimate of drug-likeness (QED) is 0.415. The average molecular weight is 313 g/mol. The molecule has 7 heteroatoms. The minimum Gasteiger partial charge on any atom is -0.632 e. The van der Waals surface area contributed by atoms with E-state index < -0.39 is 22.4 Å². The van der Waals surface area contributed by atoms with Crippen molar-refractivity contribution in [2.45, 2.75) is 20.4 Å². The highest BCUT2D eigenvalue weighted by atomic mass is 19.1. The largest absolute Gasteiger partial charge is 0.632 e. The van der Waals surface area contributed by atoms with Crippen LogP contribution in [0.4, 0.5) is 4.39 Å². The number of ether oxygens (including phenoxy) is 2. The maximum atomic E-state index is 13.7. The number of esters is 2. The molecule has 1 rings (SSSR count). The summed E-state index contributed by atoms with van der Waals surface area (Å²) < 4.78 is 22.4. The molecule has 0 bridgehead atoms. The van der Waals surface area contributed by atoms with Gasteiger partial charge >= 0.3 is 11.9 Å². The first kappa shape index (κ1) is 18.1. The van der Waals surface area contributed by atoms with Crippen LogP contribution >= 0.6 is 0 Å². The topological polar surface area (TPSA) is 75.7 Å². The van der Waals surface area contributed by atoms with Gasteiger partial charge in [0.05, 0.1) is 0 Å². The van der Waals surface area contributed by atoms with Crippen LogP contribution in [0, 0.1) is 11.0 Å². The zero-order valence-corrected chi connectivity index (χ0v) is 12.7. The highest BCUT2D eigenvalue weighted by Crippen LogP contribution is 2.16. The van der Waals surface area contributed by atoms with Gasteiger partial charge in [0.15, 0.2) is 0 Å². The Morgan fingerprint density at radius 1 is 1.09 bits per heavy atom. The fraction of sp³-hybridized carbons (Fsp3) is 0.467. The molecule has 0 radical (unpaired) electrons. The van der Waals surface area contributed by atoms with Crippen LogP contribution in [-0.4, -0.2) is 42.9 Å². The maximum Gasteiger partial charge on any atom is 0.302 e. The molecule has 0 saturated carbocycles. The summed E-state index contributed by atoms with van der Waals surface area (Å²) in [6, 6.07) is 5.98. The molecule has 0 N–H and O–H groups in total. The van der Waals surface area contributed by atoms with Crippen molar-refractivity contribution in [3.05, 3.63) is 40.9 Å². The molecule has 1 aromatic carbocycles. The lowest BCUT2D eigenvalue weighted by Gasteiger charge is -2.42. The van der Waals surface area contributed by atoms with Crippen LogP contribution in [-0.2, 0) is 25.6 Å². The second-order valence-electron chi connectivity index (χ2n) is 4.93. The summed E-state index contributed by atoms with van der Waals surface area (Å²) in [5.74, 6) is -1.45. The van der Waals surface area contributed by atoms with Crippen LogP contribution in [0.2, 0.25) is 0 Å². The third-order valence-corrected chi connectivity index (χ3v) is 3.02. The van der Waals surface area contributed by atoms with Crippen molar-refractivity contribution in [2.24, 2.45) is 0 Å². The Morgan fingerprint density at radius 2 is 1.59 bits per heavy atom. The van der Waals surface area contributed by atoms with Crippen molar-refractivity contribution in [3.63, 3.8) is 0 Å². The third-order valence-electron chi connectivity index (χ3n) is 3.02. The number of hydrogen-bond donors (Lipinski definition) is 0. The highest BCUT2D eigenvalue weighted by molar-refractivity contribution is 5.66. The Kier molecular flexibility index (Phi) is 6.94. The Bertz CT molecular complexity index is 500. The predicted octanol–water partition coefficient (Wildman–Crippen LogP) is 1.77. The van der Waals surface area contributed by atoms with Crippen LogP contribution in [0.5, 0.6) is 0 Å². The van der Waals surface area contributed by atoms with Crippen LogP contribution in [0.3, 0.4) is 0 Å². The second-order valence-corrected chi connectivity index (χ2v) is 4.93. The number of nitrogens with zero attached hydrogens (tertiary/aromatic N) is 1. The predicted molar refractivity (Wildman–Crippen MR) is 76.7 cm³/mol. The Morgan fingerprint density at radius 3 is 2.05 bits per heavy atom. The van der Waals surface area contributed by atoms with Gasteiger partial charge in [0, 0.05) is 19.4 Å². The van der Waals surface area contributed by atoms with E-state index in [4.69, 9.17) is 9.47 Å². The van der Waals surface area contributed by atoms with Gasteiger partial charge < -0.3 is 19.3 Å². The Balaban J connectivity index is 2.73. The molecule has 0 saturated heterocycles. The number of carbonyl (C=O) groups excluding carboxylic acids is 2. The van der Waals surface area contributed by atoms with E-state index in [1.165, 1.54) is 32.0 Å². The van der Waals surface area contributed by atoms with Crippen molar-refractivity contribution < 1.29 is 28.1 Å². The lowest BCUT2D eigenvalue weighted by Crippen LogP contribution is -2.46. The van der Waals surface area contributed by atoms with Crippen LogP contribution in [0.1, 0.15) is 19.4 Å². The molecule has 22 heavy (non-hydrogen) atoms. The SMILES string of the molecule is CC(=O)OCC[N+]([O-])(CCOC(C)=O)Cc1ccccc1F. The molecule has 0 heterocycles. The number of hydrogen-bond acceptors (Lipinski definition) is 5. The minimum atomic E-state index is -0.846. The van der Waals surface area contributed by atoms with Gasteiger partial charge in [-0.05, 0) is 6.07 Å². The number of rotatable bonds is 8. The summed E-state index contributed by atoms with van der Waals surface area (Å²) in [5.41, 5.74) is 0.267. The van der Waals surface area contributed by atoms with Crippen LogP contribution in [0.25, 0.3) is 0 Å². The first-order valence-electron chi connectivity index (χ1n) is 6.89. The molecule has 122 valence electrons. The summed E-state index contributed by atoms with van der Waals surface area (Å²) >= 11 is 0. The van der Waals surface area contributed by atoms with Gasteiger partial charge in [-0.2, -0.15) is 0 Å². The van der Waals surface area contributed by atoms with E-state index in [1.807, 2.05) is 0 Å². The lowest BCUT2D eigenvalue weighted by atomic mass is 10.2. The van der Waals surface area contributed by atoms with Crippen molar-refractivity contribution in [2.75, 3.05) is 26.3 Å². The standard InChI is InChI=1S/C15H20FNO5/c1-12(18)21-9-7-17(20,8-10-22-13(2)19)11-14-5-3-4-6-15(14)16/h3-6H,7-11H2,1-2H3. The van der Waals surface area contributed by atoms with E-state index in [2.05, 4.69) is 0 Å². The minimum absolute atomic E-state index is 0.0464. The monoisotopic (exact) mass is 313 g/mol. The van der Waals surface area contributed by atoms with E-state index in [0.29, 0.717) is 0 Å². The third kappa shape index (κ3) is 6.64. The zero-order chi connectivity index (χ0) is 16.6. The molecule has 0 aliphatic carbocycles. The number of quaternary nitrogens is 1. The smallest absolute Gasteiger partial charge is 0.302 e. The summed E-state index contributed by atoms with van der Waals surface area (Å²) in [7, 11) is 0. The Labute approximate surface area is 128 Å². The van der Waals surface area contributed by atoms with Gasteiger partial charge in [0.1, 0.15) is 38.7 Å². The van der Waals surface area contributed by atoms with E-state index in [0.717, 1.165) is 0 Å². The van der Waals surface area contributed by atoms with E-state index in [-0.39, 0.29) is 38.4 Å². The fourth-order valence-corrected chi connectivity index (χ4v) is 1.92. The average Bonchev–Trinajstić information content (AvgIpc) is 2.40. The number of carbonyl (C=O) groups is 2. The first-order chi connectivity index (χ1) is 10.3. The summed E-state index contributed by atoms with van der Waals surface area (Å²) in [4.78, 5) is 21.6. The van der Waals surface area contributed by atoms with Gasteiger partial charge in [-0.15, -0.1) is 0 Å². The van der Waals surface area contributed by atoms with Crippen LogP contribution in [0.15, 0.2) is 24.3 Å². The second kappa shape index (κ2) is 8.45. The highest BCUT2D eigenvalue weighted by Gasteiger charge is 2.20. The molecular formula is C15H20FNO5. The first-order valence-corrected chi connectivity index (χ1v) is 6.89. The molecule has 0 aliphatic heterocycles. The molecular weight excluding hydrogens is 293 g/mol. The van der Waals surface area contributed by atoms with Crippen molar-refractivity contribution in [1.82, 2.24) is 0 Å². The number of hydroxylamine groups is 3. The van der Waals surface area contributed by atoms with Gasteiger partial charge in [-0.1, -0.05) is 18.2 Å². The molecule has 0 aliphatic rings. The maximum absolute atomic E-state index is 13.7. The molecule has 0 amide bonds. The van der Waals surface area contributed by atoms with Crippen molar-refractivity contribution in [1.29, 1.82) is 0 Å². The number of benzene rings is 1. The fourth-order valence-electron chi connectivity index (χ4n) is 1.92. The van der Waals surface area contributed by atoms with Gasteiger partial charge in [-0.3, -0.25) is 9.59 Å². The molecule has 0 spiro atoms. The van der Waals surface area contributed by atoms with Crippen molar-refractivity contribution in [3.8, 4) is 0 Å². The molecule has 0 unspecified atom stereocenters. The Hall–Kier alpha value is -1.99. The molecule has 0 aromatic heterocycles. The molecule has 6 nitrogen and oxygen atoms in total. The molecule has 0 atom stereocenters. The van der Waals surface area contributed by atoms with Crippen LogP contribution < -0.4 is 0 Å². The summed E-state index contributed by atoms with van der Waals surface area (Å²) in [5, 5.41) is 12.8. The molecule has 0 fully saturated rings. The van der Waals surface area contributed by atoms with Crippen molar-refractivity contribution >= 4 is 11.9 Å². The van der Waals surface area contributed by atoms with E-state index >= 15 is 0 Å². The zero-order valence-electron chi connectivity index (χ0n) is 12.7. The van der Waals surface area contributed by atoms with E-state index in [9.17, 15) is 19.2 Å². The summed E-state index contributed by atoms with van der Waals surface area (Å²) in [6.07, 6.45) is 0. The molecule has 1 aromatic rings.